The number of ether oxygens (including phenoxy) is 1. The van der Waals surface area contributed by atoms with Crippen LogP contribution in [0.4, 0.5) is 10.5 Å². The van der Waals surface area contributed by atoms with Crippen LogP contribution >= 0.6 is 11.6 Å². The second kappa shape index (κ2) is 7.20. The van der Waals surface area contributed by atoms with Gasteiger partial charge in [0.05, 0.1) is 10.7 Å². The standard InChI is InChI=1S/C15H21ClN2O2/c1-15(2,3)20-14(19)18-9-5-4-6-11-7-8-12(16)13(17)10-11/h4,6-8,10H,5,9,17H2,1-3H3,(H,18,19). The molecule has 0 heterocycles. The molecule has 0 aliphatic rings. The topological polar surface area (TPSA) is 64.3 Å². The third-order valence-corrected chi connectivity index (χ3v) is 2.65. The number of nitrogens with one attached hydrogen (secondary N) is 1. The number of anilines is 1. The van der Waals surface area contributed by atoms with E-state index < -0.39 is 11.7 Å². The van der Waals surface area contributed by atoms with Gasteiger partial charge in [0.1, 0.15) is 5.60 Å². The van der Waals surface area contributed by atoms with Crippen molar-refractivity contribution < 1.29 is 9.53 Å². The van der Waals surface area contributed by atoms with Gasteiger partial charge in [-0.05, 0) is 44.9 Å². The fraction of sp³-hybridized carbons (Fsp3) is 0.400. The van der Waals surface area contributed by atoms with E-state index >= 15 is 0 Å². The highest BCUT2D eigenvalue weighted by Gasteiger charge is 2.15. The molecule has 0 saturated carbocycles. The van der Waals surface area contributed by atoms with Gasteiger partial charge in [0.25, 0.3) is 0 Å². The van der Waals surface area contributed by atoms with Crippen LogP contribution in [0.15, 0.2) is 24.3 Å². The highest BCUT2D eigenvalue weighted by Crippen LogP contribution is 2.20. The van der Waals surface area contributed by atoms with Crippen LogP contribution in [0.2, 0.25) is 5.02 Å². The first-order valence-electron chi connectivity index (χ1n) is 6.46. The lowest BCUT2D eigenvalue weighted by Crippen LogP contribution is -2.32. The Hall–Kier alpha value is -1.68. The molecule has 0 spiro atoms. The summed E-state index contributed by atoms with van der Waals surface area (Å²) in [5.41, 5.74) is 6.77. The summed E-state index contributed by atoms with van der Waals surface area (Å²) in [7, 11) is 0. The summed E-state index contributed by atoms with van der Waals surface area (Å²) in [6.45, 7) is 6.01. The van der Waals surface area contributed by atoms with Crippen LogP contribution in [-0.2, 0) is 4.74 Å². The van der Waals surface area contributed by atoms with Crippen LogP contribution in [0, 0.1) is 0 Å². The molecule has 0 fully saturated rings. The molecule has 110 valence electrons. The number of halogens is 1. The van der Waals surface area contributed by atoms with Crippen LogP contribution in [0.5, 0.6) is 0 Å². The van der Waals surface area contributed by atoms with Crippen molar-refractivity contribution in [3.05, 3.63) is 34.9 Å². The molecule has 3 N–H and O–H groups in total. The third-order valence-electron chi connectivity index (χ3n) is 2.31. The summed E-state index contributed by atoms with van der Waals surface area (Å²) in [6, 6.07) is 5.45. The molecule has 0 unspecified atom stereocenters. The molecule has 0 saturated heterocycles. The monoisotopic (exact) mass is 296 g/mol. The van der Waals surface area contributed by atoms with Crippen molar-refractivity contribution in [3.63, 3.8) is 0 Å². The minimum absolute atomic E-state index is 0.401. The van der Waals surface area contributed by atoms with E-state index in [0.29, 0.717) is 23.7 Å². The van der Waals surface area contributed by atoms with Gasteiger partial charge in [0.2, 0.25) is 0 Å². The quantitative estimate of drug-likeness (QED) is 0.655. The Morgan fingerprint density at radius 1 is 1.45 bits per heavy atom. The molecular formula is C15H21ClN2O2. The van der Waals surface area contributed by atoms with E-state index in [9.17, 15) is 4.79 Å². The summed E-state index contributed by atoms with van der Waals surface area (Å²) in [6.07, 6.45) is 4.20. The van der Waals surface area contributed by atoms with Gasteiger partial charge in [-0.1, -0.05) is 29.8 Å². The van der Waals surface area contributed by atoms with E-state index in [1.807, 2.05) is 39.0 Å². The van der Waals surface area contributed by atoms with Crippen molar-refractivity contribution in [3.8, 4) is 0 Å². The van der Waals surface area contributed by atoms with Gasteiger partial charge >= 0.3 is 6.09 Å². The van der Waals surface area contributed by atoms with Crippen molar-refractivity contribution in [2.24, 2.45) is 0 Å². The summed E-state index contributed by atoms with van der Waals surface area (Å²) >= 11 is 5.84. The van der Waals surface area contributed by atoms with Gasteiger partial charge < -0.3 is 15.8 Å². The fourth-order valence-electron chi connectivity index (χ4n) is 1.46. The maximum absolute atomic E-state index is 11.4. The lowest BCUT2D eigenvalue weighted by Gasteiger charge is -2.19. The predicted octanol–water partition coefficient (Wildman–Crippen LogP) is 3.85. The second-order valence-corrected chi connectivity index (χ2v) is 5.81. The lowest BCUT2D eigenvalue weighted by atomic mass is 10.2. The van der Waals surface area contributed by atoms with Crippen molar-refractivity contribution >= 4 is 29.5 Å². The first-order chi connectivity index (χ1) is 9.28. The average Bonchev–Trinajstić information content (AvgIpc) is 2.31. The number of carbonyl (C=O) groups excluding carboxylic acids is 1. The van der Waals surface area contributed by atoms with E-state index in [2.05, 4.69) is 5.32 Å². The summed E-state index contributed by atoms with van der Waals surface area (Å²) in [5, 5.41) is 3.24. The molecule has 5 heteroatoms. The van der Waals surface area contributed by atoms with Crippen LogP contribution in [-0.4, -0.2) is 18.2 Å². The molecule has 4 nitrogen and oxygen atoms in total. The number of hydrogen-bond acceptors (Lipinski definition) is 3. The Labute approximate surface area is 124 Å². The van der Waals surface area contributed by atoms with E-state index in [1.165, 1.54) is 0 Å². The van der Waals surface area contributed by atoms with Gasteiger partial charge in [-0.2, -0.15) is 0 Å². The number of nitrogens with two attached hydrogens (primary N) is 1. The van der Waals surface area contributed by atoms with Crippen LogP contribution in [0.25, 0.3) is 6.08 Å². The lowest BCUT2D eigenvalue weighted by molar-refractivity contribution is 0.0529. The van der Waals surface area contributed by atoms with Gasteiger partial charge in [0.15, 0.2) is 0 Å². The number of rotatable bonds is 4. The predicted molar refractivity (Wildman–Crippen MR) is 83.8 cm³/mol. The smallest absolute Gasteiger partial charge is 0.407 e. The van der Waals surface area contributed by atoms with Gasteiger partial charge in [0, 0.05) is 6.54 Å². The summed E-state index contributed by atoms with van der Waals surface area (Å²) < 4.78 is 5.13. The zero-order chi connectivity index (χ0) is 15.2. The number of nitrogen functional groups attached to an aromatic ring is 1. The van der Waals surface area contributed by atoms with Crippen molar-refractivity contribution in [2.45, 2.75) is 32.8 Å². The molecule has 0 aliphatic carbocycles. The Morgan fingerprint density at radius 3 is 2.75 bits per heavy atom. The summed E-state index contributed by atoms with van der Waals surface area (Å²) in [4.78, 5) is 11.4. The first-order valence-corrected chi connectivity index (χ1v) is 6.84. The molecule has 0 radical (unpaired) electrons. The van der Waals surface area contributed by atoms with E-state index in [4.69, 9.17) is 22.1 Å². The number of carbonyl (C=O) groups is 1. The number of amides is 1. The minimum atomic E-state index is -0.471. The normalized spacial score (nSPS) is 11.6. The SMILES string of the molecule is CC(C)(C)OC(=O)NCCC=Cc1ccc(Cl)c(N)c1. The Balaban J connectivity index is 2.32. The molecule has 0 aliphatic heterocycles. The molecule has 1 amide bonds. The molecule has 1 aromatic rings. The number of benzene rings is 1. The molecular weight excluding hydrogens is 276 g/mol. The molecule has 1 aromatic carbocycles. The van der Waals surface area contributed by atoms with Crippen LogP contribution < -0.4 is 11.1 Å². The molecule has 20 heavy (non-hydrogen) atoms. The first kappa shape index (κ1) is 16.4. The minimum Gasteiger partial charge on any atom is -0.444 e. The van der Waals surface area contributed by atoms with Gasteiger partial charge in [-0.15, -0.1) is 0 Å². The van der Waals surface area contributed by atoms with E-state index in [1.54, 1.807) is 12.1 Å². The maximum atomic E-state index is 11.4. The Morgan fingerprint density at radius 2 is 2.15 bits per heavy atom. The van der Waals surface area contributed by atoms with Crippen molar-refractivity contribution in [1.82, 2.24) is 5.32 Å². The van der Waals surface area contributed by atoms with Crippen LogP contribution in [0.3, 0.4) is 0 Å². The van der Waals surface area contributed by atoms with Crippen molar-refractivity contribution in [1.29, 1.82) is 0 Å². The van der Waals surface area contributed by atoms with E-state index in [0.717, 1.165) is 5.56 Å². The Bertz CT molecular complexity index is 493. The highest BCUT2D eigenvalue weighted by molar-refractivity contribution is 6.33. The zero-order valence-corrected chi connectivity index (χ0v) is 12.8. The second-order valence-electron chi connectivity index (χ2n) is 5.40. The van der Waals surface area contributed by atoms with E-state index in [-0.39, 0.29) is 0 Å². The van der Waals surface area contributed by atoms with Crippen molar-refractivity contribution in [2.75, 3.05) is 12.3 Å². The maximum Gasteiger partial charge on any atom is 0.407 e. The molecule has 0 bridgehead atoms. The van der Waals surface area contributed by atoms with Crippen LogP contribution in [0.1, 0.15) is 32.8 Å². The van der Waals surface area contributed by atoms with Gasteiger partial charge in [-0.25, -0.2) is 4.79 Å². The number of hydrogen-bond donors (Lipinski definition) is 2. The highest BCUT2D eigenvalue weighted by atomic mass is 35.5. The average molecular weight is 297 g/mol. The molecule has 1 rings (SSSR count). The fourth-order valence-corrected chi connectivity index (χ4v) is 1.57. The zero-order valence-electron chi connectivity index (χ0n) is 12.1. The third kappa shape index (κ3) is 6.48. The molecule has 0 atom stereocenters. The largest absolute Gasteiger partial charge is 0.444 e. The van der Waals surface area contributed by atoms with Gasteiger partial charge in [-0.3, -0.25) is 0 Å². The number of alkyl carbamates (subject to hydrolysis) is 1. The Kier molecular flexibility index (Phi) is 5.89. The summed E-state index contributed by atoms with van der Waals surface area (Å²) in [5.74, 6) is 0. The molecule has 0 aromatic heterocycles.